The third-order valence-corrected chi connectivity index (χ3v) is 4.29. The maximum Gasteiger partial charge on any atom is 0.254 e. The summed E-state index contributed by atoms with van der Waals surface area (Å²) in [5.74, 6) is 2.06. The van der Waals surface area contributed by atoms with E-state index in [0.717, 1.165) is 17.5 Å². The van der Waals surface area contributed by atoms with E-state index in [1.165, 1.54) is 0 Å². The molecule has 2 aromatic rings. The van der Waals surface area contributed by atoms with E-state index in [1.807, 2.05) is 30.3 Å². The fraction of sp³-hybridized carbons (Fsp3) is 0.250. The van der Waals surface area contributed by atoms with Crippen LogP contribution < -0.4 is 5.32 Å². The van der Waals surface area contributed by atoms with Gasteiger partial charge >= 0.3 is 0 Å². The van der Waals surface area contributed by atoms with E-state index in [-0.39, 0.29) is 18.4 Å². The Labute approximate surface area is 147 Å². The summed E-state index contributed by atoms with van der Waals surface area (Å²) in [6.45, 7) is 0.748. The van der Waals surface area contributed by atoms with Crippen molar-refractivity contribution in [2.75, 3.05) is 13.1 Å². The van der Waals surface area contributed by atoms with Crippen LogP contribution in [0.4, 0.5) is 0 Å². The Morgan fingerprint density at radius 1 is 1.28 bits per heavy atom. The minimum atomic E-state index is -0.456. The highest BCUT2D eigenvalue weighted by molar-refractivity contribution is 5.98. The second-order valence-electron chi connectivity index (χ2n) is 5.90. The van der Waals surface area contributed by atoms with Crippen molar-refractivity contribution in [3.63, 3.8) is 0 Å². The number of pyridine rings is 1. The van der Waals surface area contributed by atoms with E-state index < -0.39 is 6.04 Å². The molecule has 1 aliphatic rings. The first kappa shape index (κ1) is 16.7. The zero-order valence-electron chi connectivity index (χ0n) is 13.8. The number of amides is 2. The van der Waals surface area contributed by atoms with E-state index in [0.29, 0.717) is 18.5 Å². The highest BCUT2D eigenvalue weighted by atomic mass is 16.2. The van der Waals surface area contributed by atoms with Gasteiger partial charge in [-0.3, -0.25) is 14.6 Å². The zero-order chi connectivity index (χ0) is 17.6. The van der Waals surface area contributed by atoms with Gasteiger partial charge < -0.3 is 10.2 Å². The summed E-state index contributed by atoms with van der Waals surface area (Å²) < 4.78 is 0. The second kappa shape index (κ2) is 7.63. The van der Waals surface area contributed by atoms with Gasteiger partial charge in [0.2, 0.25) is 5.91 Å². The highest BCUT2D eigenvalue weighted by Crippen LogP contribution is 2.23. The molecule has 2 amide bonds. The monoisotopic (exact) mass is 333 g/mol. The maximum absolute atomic E-state index is 12.9. The Kier molecular flexibility index (Phi) is 5.10. The Morgan fingerprint density at radius 2 is 2.12 bits per heavy atom. The normalized spacial score (nSPS) is 16.3. The van der Waals surface area contributed by atoms with Crippen LogP contribution >= 0.6 is 0 Å². The van der Waals surface area contributed by atoms with Crippen LogP contribution in [0.2, 0.25) is 0 Å². The van der Waals surface area contributed by atoms with Crippen LogP contribution in [0.5, 0.6) is 0 Å². The molecule has 0 spiro atoms. The smallest absolute Gasteiger partial charge is 0.254 e. The van der Waals surface area contributed by atoms with Crippen molar-refractivity contribution in [2.45, 2.75) is 18.9 Å². The molecule has 1 N–H and O–H groups in total. The predicted molar refractivity (Wildman–Crippen MR) is 95.6 cm³/mol. The Morgan fingerprint density at radius 3 is 2.88 bits per heavy atom. The van der Waals surface area contributed by atoms with Crippen molar-refractivity contribution >= 4 is 11.8 Å². The minimum absolute atomic E-state index is 0.135. The lowest BCUT2D eigenvalue weighted by Gasteiger charge is -2.24. The lowest BCUT2D eigenvalue weighted by atomic mass is 10.0. The van der Waals surface area contributed by atoms with Gasteiger partial charge in [0.15, 0.2) is 0 Å². The van der Waals surface area contributed by atoms with Crippen LogP contribution in [0, 0.1) is 12.3 Å². The molecule has 1 saturated heterocycles. The summed E-state index contributed by atoms with van der Waals surface area (Å²) in [7, 11) is 0. The number of nitrogens with zero attached hydrogens (tertiary/aromatic N) is 2. The molecule has 1 aromatic carbocycles. The molecule has 1 atom stereocenters. The van der Waals surface area contributed by atoms with Crippen LogP contribution in [0.1, 0.15) is 23.2 Å². The van der Waals surface area contributed by atoms with Gasteiger partial charge in [-0.1, -0.05) is 24.1 Å². The molecule has 0 bridgehead atoms. The van der Waals surface area contributed by atoms with Crippen molar-refractivity contribution in [2.24, 2.45) is 0 Å². The number of benzene rings is 1. The van der Waals surface area contributed by atoms with E-state index >= 15 is 0 Å². The van der Waals surface area contributed by atoms with Gasteiger partial charge in [0.25, 0.3) is 5.91 Å². The van der Waals surface area contributed by atoms with Crippen molar-refractivity contribution in [3.05, 3.63) is 54.4 Å². The first-order valence-corrected chi connectivity index (χ1v) is 8.23. The summed E-state index contributed by atoms with van der Waals surface area (Å²) in [5.41, 5.74) is 2.44. The summed E-state index contributed by atoms with van der Waals surface area (Å²) in [6, 6.07) is 10.8. The average molecular weight is 333 g/mol. The molecular weight excluding hydrogens is 314 g/mol. The molecule has 0 radical (unpaired) electrons. The van der Waals surface area contributed by atoms with Crippen molar-refractivity contribution in [1.29, 1.82) is 0 Å². The Balaban J connectivity index is 1.81. The topological polar surface area (TPSA) is 62.3 Å². The lowest BCUT2D eigenvalue weighted by molar-refractivity contribution is -0.124. The highest BCUT2D eigenvalue weighted by Gasteiger charge is 2.34. The molecule has 1 unspecified atom stereocenters. The Bertz CT molecular complexity index is 811. The van der Waals surface area contributed by atoms with Gasteiger partial charge in [-0.2, -0.15) is 0 Å². The molecule has 1 fully saturated rings. The first-order chi connectivity index (χ1) is 12.2. The number of hydrogen-bond acceptors (Lipinski definition) is 3. The number of nitrogens with one attached hydrogen (secondary N) is 1. The van der Waals surface area contributed by atoms with Gasteiger partial charge in [-0.15, -0.1) is 6.42 Å². The summed E-state index contributed by atoms with van der Waals surface area (Å²) in [5, 5.41) is 2.67. The lowest BCUT2D eigenvalue weighted by Crippen LogP contribution is -2.46. The molecule has 5 heteroatoms. The predicted octanol–water partition coefficient (Wildman–Crippen LogP) is 2.10. The fourth-order valence-corrected chi connectivity index (χ4v) is 3.07. The molecule has 2 heterocycles. The van der Waals surface area contributed by atoms with Crippen LogP contribution in [-0.4, -0.2) is 40.8 Å². The average Bonchev–Trinajstić information content (AvgIpc) is 3.16. The maximum atomic E-state index is 12.9. The quantitative estimate of drug-likeness (QED) is 0.872. The molecule has 25 heavy (non-hydrogen) atoms. The minimum Gasteiger partial charge on any atom is -0.343 e. The largest absolute Gasteiger partial charge is 0.343 e. The number of carbonyl (C=O) groups excluding carboxylic acids is 2. The van der Waals surface area contributed by atoms with Crippen molar-refractivity contribution in [1.82, 2.24) is 15.2 Å². The van der Waals surface area contributed by atoms with Gasteiger partial charge in [-0.25, -0.2) is 0 Å². The number of likely N-dealkylation sites (tertiary alicyclic amines) is 1. The second-order valence-corrected chi connectivity index (χ2v) is 5.90. The zero-order valence-corrected chi connectivity index (χ0v) is 13.8. The number of terminal acetylenes is 1. The standard InChI is InChI=1S/C20H19N3O2/c1-2-10-22-19(24)18-9-5-12-23(18)20(25)16-7-3-6-15(13-16)17-8-4-11-21-14-17/h1,3-4,6-8,11,13-14,18H,5,9-10,12H2,(H,22,24). The molecule has 1 aliphatic heterocycles. The van der Waals surface area contributed by atoms with E-state index in [2.05, 4.69) is 16.2 Å². The molecule has 5 nitrogen and oxygen atoms in total. The fourth-order valence-electron chi connectivity index (χ4n) is 3.07. The molecule has 0 aliphatic carbocycles. The van der Waals surface area contributed by atoms with Crippen LogP contribution in [0.15, 0.2) is 48.8 Å². The van der Waals surface area contributed by atoms with Crippen LogP contribution in [0.3, 0.4) is 0 Å². The van der Waals surface area contributed by atoms with Gasteiger partial charge in [0.1, 0.15) is 6.04 Å². The van der Waals surface area contributed by atoms with E-state index in [1.54, 1.807) is 23.4 Å². The van der Waals surface area contributed by atoms with Crippen molar-refractivity contribution < 1.29 is 9.59 Å². The van der Waals surface area contributed by atoms with Crippen LogP contribution in [-0.2, 0) is 4.79 Å². The van der Waals surface area contributed by atoms with Gasteiger partial charge in [0.05, 0.1) is 6.54 Å². The third-order valence-electron chi connectivity index (χ3n) is 4.29. The van der Waals surface area contributed by atoms with Crippen molar-refractivity contribution in [3.8, 4) is 23.5 Å². The number of hydrogen-bond donors (Lipinski definition) is 1. The van der Waals surface area contributed by atoms with Crippen LogP contribution in [0.25, 0.3) is 11.1 Å². The molecule has 3 rings (SSSR count). The molecular formula is C20H19N3O2. The van der Waals surface area contributed by atoms with Gasteiger partial charge in [0, 0.05) is 30.1 Å². The third kappa shape index (κ3) is 3.69. The van der Waals surface area contributed by atoms with E-state index in [4.69, 9.17) is 6.42 Å². The first-order valence-electron chi connectivity index (χ1n) is 8.23. The SMILES string of the molecule is C#CCNC(=O)C1CCCN1C(=O)c1cccc(-c2cccnc2)c1. The molecule has 0 saturated carbocycles. The molecule has 1 aromatic heterocycles. The number of rotatable bonds is 4. The summed E-state index contributed by atoms with van der Waals surface area (Å²) >= 11 is 0. The van der Waals surface area contributed by atoms with E-state index in [9.17, 15) is 9.59 Å². The summed E-state index contributed by atoms with van der Waals surface area (Å²) in [6.07, 6.45) is 10.1. The number of aromatic nitrogens is 1. The molecule has 126 valence electrons. The van der Waals surface area contributed by atoms with Gasteiger partial charge in [-0.05, 0) is 36.6 Å². The number of carbonyl (C=O) groups is 2. The Hall–Kier alpha value is -3.13. The summed E-state index contributed by atoms with van der Waals surface area (Å²) in [4.78, 5) is 30.9.